The van der Waals surface area contributed by atoms with E-state index in [-0.39, 0.29) is 0 Å². The second-order valence-electron chi connectivity index (χ2n) is 4.54. The van der Waals surface area contributed by atoms with Gasteiger partial charge >= 0.3 is 0 Å². The number of hydrogen-bond donors (Lipinski definition) is 0. The van der Waals surface area contributed by atoms with Crippen molar-refractivity contribution in [1.29, 1.82) is 0 Å². The summed E-state index contributed by atoms with van der Waals surface area (Å²) in [7, 11) is 0. The van der Waals surface area contributed by atoms with Gasteiger partial charge in [0.25, 0.3) is 0 Å². The Morgan fingerprint density at radius 3 is 2.69 bits per heavy atom. The fourth-order valence-corrected chi connectivity index (χ4v) is 2.10. The lowest BCUT2D eigenvalue weighted by Crippen LogP contribution is -2.09. The molecule has 2 nitrogen and oxygen atoms in total. The van der Waals surface area contributed by atoms with Crippen LogP contribution in [0.25, 0.3) is 0 Å². The summed E-state index contributed by atoms with van der Waals surface area (Å²) in [6, 6.07) is 8.41. The van der Waals surface area contributed by atoms with Crippen LogP contribution >= 0.6 is 15.9 Å². The van der Waals surface area contributed by atoms with Crippen LogP contribution in [0.4, 0.5) is 0 Å². The normalized spacial score (nSPS) is 19.8. The predicted molar refractivity (Wildman–Crippen MR) is 69.9 cm³/mol. The Hall–Kier alpha value is -0.830. The van der Waals surface area contributed by atoms with E-state index in [1.165, 1.54) is 0 Å². The van der Waals surface area contributed by atoms with Crippen LogP contribution in [0.15, 0.2) is 33.7 Å². The number of nitrogens with zero attached hydrogens (tertiary/aromatic N) is 1. The molecular weight excluding hydrogens is 266 g/mol. The molecule has 0 saturated heterocycles. The van der Waals surface area contributed by atoms with Crippen LogP contribution in [0.2, 0.25) is 0 Å². The molecule has 1 heterocycles. The Kier molecular flexibility index (Phi) is 3.64. The summed E-state index contributed by atoms with van der Waals surface area (Å²) in [5.41, 5.74) is 1.06. The van der Waals surface area contributed by atoms with E-state index in [0.29, 0.717) is 12.0 Å². The third kappa shape index (κ3) is 2.85. The Labute approximate surface area is 105 Å². The summed E-state index contributed by atoms with van der Waals surface area (Å²) in [4.78, 5) is 4.61. The fourth-order valence-electron chi connectivity index (χ4n) is 1.83. The molecule has 86 valence electrons. The molecule has 0 radical (unpaired) electrons. The second-order valence-corrected chi connectivity index (χ2v) is 5.45. The van der Waals surface area contributed by atoms with Crippen LogP contribution in [-0.2, 0) is 4.74 Å². The number of ether oxygens (including phenoxy) is 1. The van der Waals surface area contributed by atoms with Crippen molar-refractivity contribution in [2.75, 3.05) is 6.61 Å². The van der Waals surface area contributed by atoms with Crippen LogP contribution in [0.3, 0.4) is 0 Å². The average molecular weight is 282 g/mol. The quantitative estimate of drug-likeness (QED) is 0.829. The summed E-state index contributed by atoms with van der Waals surface area (Å²) < 4.78 is 6.70. The third-order valence-corrected chi connectivity index (χ3v) is 3.08. The third-order valence-electron chi connectivity index (χ3n) is 2.55. The van der Waals surface area contributed by atoms with E-state index in [0.717, 1.165) is 29.0 Å². The van der Waals surface area contributed by atoms with Crippen LogP contribution < -0.4 is 0 Å². The standard InChI is InChI=1S/C13H16BrNO/c1-9(2)7-12-8-16-13(15-12)10-3-5-11(14)6-4-10/h3-6,9,12H,7-8H2,1-2H3/t12-/m1/s1. The van der Waals surface area contributed by atoms with Crippen molar-refractivity contribution in [3.05, 3.63) is 34.3 Å². The largest absolute Gasteiger partial charge is 0.475 e. The number of hydrogen-bond acceptors (Lipinski definition) is 2. The lowest BCUT2D eigenvalue weighted by atomic mass is 10.1. The summed E-state index contributed by atoms with van der Waals surface area (Å²) >= 11 is 3.42. The molecule has 0 amide bonds. The molecule has 0 aliphatic carbocycles. The molecule has 16 heavy (non-hydrogen) atoms. The summed E-state index contributed by atoms with van der Waals surface area (Å²) in [6.45, 7) is 5.16. The minimum atomic E-state index is 0.332. The van der Waals surface area contributed by atoms with E-state index in [1.807, 2.05) is 24.3 Å². The van der Waals surface area contributed by atoms with Crippen molar-refractivity contribution in [3.8, 4) is 0 Å². The number of aliphatic imine (C=N–C) groups is 1. The molecule has 1 atom stereocenters. The maximum absolute atomic E-state index is 5.63. The van der Waals surface area contributed by atoms with Gasteiger partial charge in [0, 0.05) is 10.0 Å². The predicted octanol–water partition coefficient (Wildman–Crippen LogP) is 3.64. The fraction of sp³-hybridized carbons (Fsp3) is 0.462. The van der Waals surface area contributed by atoms with Gasteiger partial charge in [-0.15, -0.1) is 0 Å². The first-order valence-corrected chi connectivity index (χ1v) is 6.41. The van der Waals surface area contributed by atoms with Gasteiger partial charge in [0.15, 0.2) is 0 Å². The van der Waals surface area contributed by atoms with Crippen molar-refractivity contribution >= 4 is 21.8 Å². The van der Waals surface area contributed by atoms with Crippen molar-refractivity contribution in [2.24, 2.45) is 10.9 Å². The molecular formula is C13H16BrNO. The first-order valence-electron chi connectivity index (χ1n) is 5.61. The highest BCUT2D eigenvalue weighted by Crippen LogP contribution is 2.19. The second kappa shape index (κ2) is 5.00. The van der Waals surface area contributed by atoms with Crippen LogP contribution in [0, 0.1) is 5.92 Å². The van der Waals surface area contributed by atoms with E-state index in [2.05, 4.69) is 34.8 Å². The van der Waals surface area contributed by atoms with E-state index in [1.54, 1.807) is 0 Å². The lowest BCUT2D eigenvalue weighted by Gasteiger charge is -2.06. The minimum absolute atomic E-state index is 0.332. The Morgan fingerprint density at radius 1 is 1.38 bits per heavy atom. The first-order chi connectivity index (χ1) is 7.65. The zero-order valence-corrected chi connectivity index (χ0v) is 11.2. The summed E-state index contributed by atoms with van der Waals surface area (Å²) in [6.07, 6.45) is 1.10. The minimum Gasteiger partial charge on any atom is -0.475 e. The molecule has 1 aliphatic rings. The average Bonchev–Trinajstić information content (AvgIpc) is 2.66. The van der Waals surface area contributed by atoms with Gasteiger partial charge in [0.05, 0.1) is 6.04 Å². The van der Waals surface area contributed by atoms with Gasteiger partial charge in [0.1, 0.15) is 6.61 Å². The highest BCUT2D eigenvalue weighted by Gasteiger charge is 2.20. The van der Waals surface area contributed by atoms with E-state index >= 15 is 0 Å². The van der Waals surface area contributed by atoms with Gasteiger partial charge in [-0.1, -0.05) is 29.8 Å². The van der Waals surface area contributed by atoms with Gasteiger partial charge in [-0.25, -0.2) is 4.99 Å². The van der Waals surface area contributed by atoms with Crippen LogP contribution in [0.5, 0.6) is 0 Å². The Morgan fingerprint density at radius 2 is 2.06 bits per heavy atom. The van der Waals surface area contributed by atoms with E-state index in [4.69, 9.17) is 4.74 Å². The van der Waals surface area contributed by atoms with Crippen LogP contribution in [0.1, 0.15) is 25.8 Å². The molecule has 0 fully saturated rings. The number of rotatable bonds is 3. The molecule has 0 unspecified atom stereocenters. The highest BCUT2D eigenvalue weighted by molar-refractivity contribution is 9.10. The van der Waals surface area contributed by atoms with Gasteiger partial charge in [-0.3, -0.25) is 0 Å². The number of halogens is 1. The van der Waals surface area contributed by atoms with Gasteiger partial charge in [-0.2, -0.15) is 0 Å². The van der Waals surface area contributed by atoms with Gasteiger partial charge in [0.2, 0.25) is 5.90 Å². The maximum Gasteiger partial charge on any atom is 0.216 e. The van der Waals surface area contributed by atoms with Crippen molar-refractivity contribution in [1.82, 2.24) is 0 Å². The topological polar surface area (TPSA) is 21.6 Å². The van der Waals surface area contributed by atoms with Gasteiger partial charge < -0.3 is 4.74 Å². The van der Waals surface area contributed by atoms with Crippen molar-refractivity contribution < 1.29 is 4.74 Å². The molecule has 1 aromatic rings. The van der Waals surface area contributed by atoms with E-state index < -0.39 is 0 Å². The maximum atomic E-state index is 5.63. The van der Waals surface area contributed by atoms with E-state index in [9.17, 15) is 0 Å². The summed E-state index contributed by atoms with van der Waals surface area (Å²) in [5.74, 6) is 1.46. The molecule has 1 aromatic carbocycles. The van der Waals surface area contributed by atoms with Gasteiger partial charge in [-0.05, 0) is 36.6 Å². The summed E-state index contributed by atoms with van der Waals surface area (Å²) in [5, 5.41) is 0. The zero-order valence-electron chi connectivity index (χ0n) is 9.61. The first kappa shape index (κ1) is 11.6. The molecule has 0 aromatic heterocycles. The molecule has 3 heteroatoms. The molecule has 1 aliphatic heterocycles. The smallest absolute Gasteiger partial charge is 0.216 e. The van der Waals surface area contributed by atoms with Crippen molar-refractivity contribution in [2.45, 2.75) is 26.3 Å². The molecule has 2 rings (SSSR count). The lowest BCUT2D eigenvalue weighted by molar-refractivity contribution is 0.301. The van der Waals surface area contributed by atoms with Crippen LogP contribution in [-0.4, -0.2) is 18.5 Å². The molecule has 0 bridgehead atoms. The highest BCUT2D eigenvalue weighted by atomic mass is 79.9. The zero-order chi connectivity index (χ0) is 11.5. The SMILES string of the molecule is CC(C)C[C@@H]1COC(c2ccc(Br)cc2)=N1. The number of benzene rings is 1. The molecule has 0 N–H and O–H groups in total. The Balaban J connectivity index is 2.08. The van der Waals surface area contributed by atoms with Crippen molar-refractivity contribution in [3.63, 3.8) is 0 Å². The Bertz CT molecular complexity index is 383. The molecule has 0 spiro atoms. The molecule has 0 saturated carbocycles. The monoisotopic (exact) mass is 281 g/mol.